The molecule has 0 saturated heterocycles. The molecule has 74 valence electrons. The van der Waals surface area contributed by atoms with Crippen molar-refractivity contribution >= 4 is 6.47 Å². The van der Waals surface area contributed by atoms with Crippen LogP contribution in [-0.2, 0) is 9.53 Å². The van der Waals surface area contributed by atoms with E-state index in [9.17, 15) is 4.79 Å². The molecule has 2 heteroatoms. The van der Waals surface area contributed by atoms with E-state index in [1.807, 2.05) is 0 Å². The van der Waals surface area contributed by atoms with Gasteiger partial charge in [0.25, 0.3) is 6.47 Å². The lowest BCUT2D eigenvalue weighted by Gasteiger charge is -2.40. The van der Waals surface area contributed by atoms with Crippen LogP contribution in [0, 0.1) is 16.7 Å². The summed E-state index contributed by atoms with van der Waals surface area (Å²) in [6.07, 6.45) is 3.90. The van der Waals surface area contributed by atoms with E-state index < -0.39 is 0 Å². The van der Waals surface area contributed by atoms with Gasteiger partial charge in [0.2, 0.25) is 0 Å². The largest absolute Gasteiger partial charge is 0.463 e. The molecular weight excluding hydrogens is 164 g/mol. The summed E-state index contributed by atoms with van der Waals surface area (Å²) in [5.74, 6) is 0.752. The molecule has 0 aromatic rings. The highest BCUT2D eigenvalue weighted by molar-refractivity contribution is 5.38. The van der Waals surface area contributed by atoms with Crippen molar-refractivity contribution in [3.63, 3.8) is 0 Å². The average Bonchev–Trinajstić information content (AvgIpc) is 2.50. The minimum Gasteiger partial charge on any atom is -0.463 e. The van der Waals surface area contributed by atoms with E-state index in [-0.39, 0.29) is 16.9 Å². The normalized spacial score (nSPS) is 46.4. The molecule has 0 N–H and O–H groups in total. The third-order valence-electron chi connectivity index (χ3n) is 4.33. The molecule has 13 heavy (non-hydrogen) atoms. The Kier molecular flexibility index (Phi) is 1.73. The van der Waals surface area contributed by atoms with Gasteiger partial charge in [0, 0.05) is 10.8 Å². The Balaban J connectivity index is 2.28. The van der Waals surface area contributed by atoms with Crippen molar-refractivity contribution in [2.45, 2.75) is 46.1 Å². The zero-order chi connectivity index (χ0) is 9.69. The number of hydrogen-bond donors (Lipinski definition) is 0. The molecule has 2 nitrogen and oxygen atoms in total. The summed E-state index contributed by atoms with van der Waals surface area (Å²) < 4.78 is 5.27. The van der Waals surface area contributed by atoms with Crippen molar-refractivity contribution in [2.24, 2.45) is 16.7 Å². The second-order valence-electron chi connectivity index (χ2n) is 5.53. The van der Waals surface area contributed by atoms with Crippen LogP contribution >= 0.6 is 0 Å². The molecule has 0 aliphatic heterocycles. The van der Waals surface area contributed by atoms with Gasteiger partial charge in [-0.25, -0.2) is 0 Å². The first-order valence-electron chi connectivity index (χ1n) is 5.10. The van der Waals surface area contributed by atoms with Crippen molar-refractivity contribution in [3.8, 4) is 0 Å². The van der Waals surface area contributed by atoms with Crippen LogP contribution in [0.15, 0.2) is 0 Å². The van der Waals surface area contributed by atoms with E-state index in [1.54, 1.807) is 0 Å². The van der Waals surface area contributed by atoms with E-state index >= 15 is 0 Å². The van der Waals surface area contributed by atoms with E-state index in [1.165, 1.54) is 19.3 Å². The molecule has 2 fully saturated rings. The molecule has 3 unspecified atom stereocenters. The highest BCUT2D eigenvalue weighted by atomic mass is 16.5. The minimum absolute atomic E-state index is 0.135. The molecule has 2 rings (SSSR count). The van der Waals surface area contributed by atoms with E-state index in [4.69, 9.17) is 4.74 Å². The predicted molar refractivity (Wildman–Crippen MR) is 50.2 cm³/mol. The van der Waals surface area contributed by atoms with Crippen LogP contribution in [0.2, 0.25) is 0 Å². The third kappa shape index (κ3) is 1.04. The lowest BCUT2D eigenvalue weighted by molar-refractivity contribution is -0.148. The van der Waals surface area contributed by atoms with Gasteiger partial charge >= 0.3 is 0 Å². The third-order valence-corrected chi connectivity index (χ3v) is 4.33. The Morgan fingerprint density at radius 1 is 1.38 bits per heavy atom. The molecule has 0 radical (unpaired) electrons. The van der Waals surface area contributed by atoms with Crippen molar-refractivity contribution < 1.29 is 9.53 Å². The number of carbonyl (C=O) groups is 1. The van der Waals surface area contributed by atoms with Crippen LogP contribution in [0.25, 0.3) is 0 Å². The Labute approximate surface area is 79.7 Å². The van der Waals surface area contributed by atoms with Gasteiger partial charge in [-0.3, -0.25) is 4.79 Å². The molecular formula is C11H18O2. The first kappa shape index (κ1) is 9.04. The summed E-state index contributed by atoms with van der Waals surface area (Å²) in [6.45, 7) is 7.35. The number of fused-ring (bicyclic) bond motifs is 2. The van der Waals surface area contributed by atoms with Crippen molar-refractivity contribution in [3.05, 3.63) is 0 Å². The van der Waals surface area contributed by atoms with Crippen molar-refractivity contribution in [1.29, 1.82) is 0 Å². The van der Waals surface area contributed by atoms with Gasteiger partial charge in [0.15, 0.2) is 0 Å². The minimum atomic E-state index is 0.135. The Bertz CT molecular complexity index is 229. The van der Waals surface area contributed by atoms with Crippen molar-refractivity contribution in [1.82, 2.24) is 0 Å². The van der Waals surface area contributed by atoms with Gasteiger partial charge in [-0.1, -0.05) is 20.8 Å². The van der Waals surface area contributed by atoms with Crippen molar-refractivity contribution in [2.75, 3.05) is 0 Å². The lowest BCUT2D eigenvalue weighted by atomic mass is 9.70. The first-order chi connectivity index (χ1) is 6.00. The van der Waals surface area contributed by atoms with Crippen LogP contribution in [0.5, 0.6) is 0 Å². The highest BCUT2D eigenvalue weighted by Gasteiger charge is 2.60. The molecule has 2 bridgehead atoms. The van der Waals surface area contributed by atoms with E-state index in [2.05, 4.69) is 20.8 Å². The highest BCUT2D eigenvalue weighted by Crippen LogP contribution is 2.63. The Morgan fingerprint density at radius 3 is 2.54 bits per heavy atom. The maximum atomic E-state index is 10.4. The lowest BCUT2D eigenvalue weighted by Crippen LogP contribution is -2.42. The first-order valence-corrected chi connectivity index (χ1v) is 5.10. The van der Waals surface area contributed by atoms with Crippen LogP contribution < -0.4 is 0 Å². The summed E-state index contributed by atoms with van der Waals surface area (Å²) in [7, 11) is 0. The smallest absolute Gasteiger partial charge is 0.293 e. The quantitative estimate of drug-likeness (QED) is 0.613. The topological polar surface area (TPSA) is 26.3 Å². The Morgan fingerprint density at radius 2 is 2.08 bits per heavy atom. The second-order valence-corrected chi connectivity index (χ2v) is 5.53. The van der Waals surface area contributed by atoms with Gasteiger partial charge in [0.1, 0.15) is 6.10 Å². The Hall–Kier alpha value is -0.530. The standard InChI is InChI=1S/C11H18O2/c1-10(2)8-4-5-11(3,6-8)9(10)13-7-12/h7-9H,4-6H2,1-3H3. The molecule has 0 aromatic carbocycles. The molecule has 2 aliphatic rings. The summed E-state index contributed by atoms with van der Waals surface area (Å²) >= 11 is 0. The second kappa shape index (κ2) is 2.49. The van der Waals surface area contributed by atoms with Crippen LogP contribution in [0.1, 0.15) is 40.0 Å². The number of rotatable bonds is 2. The van der Waals surface area contributed by atoms with Crippen LogP contribution in [0.4, 0.5) is 0 Å². The summed E-state index contributed by atoms with van der Waals surface area (Å²) in [5.41, 5.74) is 0.447. The molecule has 0 aromatic heterocycles. The summed E-state index contributed by atoms with van der Waals surface area (Å²) in [5, 5.41) is 0. The molecule has 2 saturated carbocycles. The van der Waals surface area contributed by atoms with Gasteiger partial charge in [-0.05, 0) is 25.2 Å². The zero-order valence-corrected chi connectivity index (χ0v) is 8.67. The maximum Gasteiger partial charge on any atom is 0.293 e. The number of hydrogen-bond acceptors (Lipinski definition) is 2. The van der Waals surface area contributed by atoms with E-state index in [0.717, 1.165) is 5.92 Å². The predicted octanol–water partition coefficient (Wildman–Crippen LogP) is 2.37. The fourth-order valence-electron chi connectivity index (χ4n) is 3.65. The molecule has 3 atom stereocenters. The van der Waals surface area contributed by atoms with Gasteiger partial charge in [-0.2, -0.15) is 0 Å². The molecule has 0 amide bonds. The van der Waals surface area contributed by atoms with E-state index in [0.29, 0.717) is 6.47 Å². The molecule has 0 heterocycles. The van der Waals surface area contributed by atoms with Gasteiger partial charge in [0.05, 0.1) is 0 Å². The van der Waals surface area contributed by atoms with Crippen LogP contribution in [-0.4, -0.2) is 12.6 Å². The maximum absolute atomic E-state index is 10.4. The van der Waals surface area contributed by atoms with Crippen LogP contribution in [0.3, 0.4) is 0 Å². The molecule has 0 spiro atoms. The monoisotopic (exact) mass is 182 g/mol. The number of carbonyl (C=O) groups excluding carboxylic acids is 1. The molecule has 2 aliphatic carbocycles. The zero-order valence-electron chi connectivity index (χ0n) is 8.67. The SMILES string of the molecule is CC12CCC(C1)C(C)(C)C2OC=O. The summed E-state index contributed by atoms with van der Waals surface area (Å²) in [6, 6.07) is 0. The number of ether oxygens (including phenoxy) is 1. The van der Waals surface area contributed by atoms with Gasteiger partial charge in [-0.15, -0.1) is 0 Å². The fraction of sp³-hybridized carbons (Fsp3) is 0.909. The summed E-state index contributed by atoms with van der Waals surface area (Å²) in [4.78, 5) is 10.4. The van der Waals surface area contributed by atoms with Gasteiger partial charge < -0.3 is 4.74 Å². The average molecular weight is 182 g/mol. The fourth-order valence-corrected chi connectivity index (χ4v) is 3.65.